The summed E-state index contributed by atoms with van der Waals surface area (Å²) in [6.45, 7) is 6.32. The Bertz CT molecular complexity index is 745. The summed E-state index contributed by atoms with van der Waals surface area (Å²) in [5, 5.41) is 15.7. The van der Waals surface area contributed by atoms with Crippen LogP contribution in [-0.4, -0.2) is 37.9 Å². The summed E-state index contributed by atoms with van der Waals surface area (Å²) in [6.07, 6.45) is 4.75. The van der Waals surface area contributed by atoms with Gasteiger partial charge in [-0.3, -0.25) is 4.79 Å². The van der Waals surface area contributed by atoms with E-state index in [4.69, 9.17) is 0 Å². The van der Waals surface area contributed by atoms with Gasteiger partial charge in [0.15, 0.2) is 0 Å². The number of hydrogen-bond acceptors (Lipinski definition) is 5. The van der Waals surface area contributed by atoms with Crippen molar-refractivity contribution < 1.29 is 4.79 Å². The molecule has 6 nitrogen and oxygen atoms in total. The minimum atomic E-state index is 0.0546. The van der Waals surface area contributed by atoms with E-state index in [9.17, 15) is 4.79 Å². The van der Waals surface area contributed by atoms with Crippen LogP contribution in [0.4, 0.5) is 0 Å². The van der Waals surface area contributed by atoms with Crippen molar-refractivity contribution in [1.82, 2.24) is 25.5 Å². The first kappa shape index (κ1) is 17.9. The molecule has 1 fully saturated rings. The van der Waals surface area contributed by atoms with Crippen molar-refractivity contribution in [3.05, 3.63) is 29.3 Å². The summed E-state index contributed by atoms with van der Waals surface area (Å²) < 4.78 is 1.70. The Balaban J connectivity index is 1.62. The lowest BCUT2D eigenvalue weighted by molar-refractivity contribution is -0.119. The van der Waals surface area contributed by atoms with Crippen LogP contribution in [0.25, 0.3) is 5.69 Å². The molecule has 0 saturated heterocycles. The molecule has 1 aromatic heterocycles. The van der Waals surface area contributed by atoms with Crippen LogP contribution in [0.1, 0.15) is 43.7 Å². The molecular weight excluding hydrogens is 334 g/mol. The third-order valence-corrected chi connectivity index (χ3v) is 5.73. The Kier molecular flexibility index (Phi) is 5.73. The van der Waals surface area contributed by atoms with Crippen LogP contribution in [0.3, 0.4) is 0 Å². The van der Waals surface area contributed by atoms with Crippen molar-refractivity contribution in [2.45, 2.75) is 57.7 Å². The Labute approximate surface area is 152 Å². The number of nitrogens with zero attached hydrogens (tertiary/aromatic N) is 4. The average molecular weight is 359 g/mol. The van der Waals surface area contributed by atoms with Gasteiger partial charge in [-0.05, 0) is 54.7 Å². The molecule has 134 valence electrons. The first-order chi connectivity index (χ1) is 12.0. The van der Waals surface area contributed by atoms with Crippen molar-refractivity contribution in [2.24, 2.45) is 5.92 Å². The summed E-state index contributed by atoms with van der Waals surface area (Å²) in [5.41, 5.74) is 3.25. The maximum absolute atomic E-state index is 12.3. The van der Waals surface area contributed by atoms with Gasteiger partial charge in [0, 0.05) is 6.04 Å². The van der Waals surface area contributed by atoms with Crippen molar-refractivity contribution in [2.75, 3.05) is 5.75 Å². The number of tetrazole rings is 1. The topological polar surface area (TPSA) is 72.7 Å². The molecule has 1 aliphatic carbocycles. The van der Waals surface area contributed by atoms with Crippen LogP contribution in [0, 0.1) is 19.8 Å². The molecule has 1 heterocycles. The number of thioether (sulfide) groups is 1. The zero-order chi connectivity index (χ0) is 17.8. The van der Waals surface area contributed by atoms with Crippen molar-refractivity contribution in [1.29, 1.82) is 0 Å². The van der Waals surface area contributed by atoms with Gasteiger partial charge in [-0.2, -0.15) is 4.68 Å². The Morgan fingerprint density at radius 2 is 2.12 bits per heavy atom. The molecule has 7 heteroatoms. The molecule has 0 spiro atoms. The zero-order valence-electron chi connectivity index (χ0n) is 15.0. The molecule has 0 unspecified atom stereocenters. The summed E-state index contributed by atoms with van der Waals surface area (Å²) >= 11 is 1.37. The molecule has 1 aliphatic rings. The summed E-state index contributed by atoms with van der Waals surface area (Å²) in [6, 6.07) is 6.45. The third kappa shape index (κ3) is 4.39. The second-order valence-corrected chi connectivity index (χ2v) is 7.83. The largest absolute Gasteiger partial charge is 0.352 e. The fraction of sp³-hybridized carbons (Fsp3) is 0.556. The van der Waals surface area contributed by atoms with E-state index in [2.05, 4.69) is 40.8 Å². The minimum Gasteiger partial charge on any atom is -0.352 e. The van der Waals surface area contributed by atoms with Gasteiger partial charge in [0.25, 0.3) is 0 Å². The van der Waals surface area contributed by atoms with Gasteiger partial charge in [0.05, 0.1) is 11.4 Å². The first-order valence-corrected chi connectivity index (χ1v) is 9.81. The number of carbonyl (C=O) groups is 1. The van der Waals surface area contributed by atoms with E-state index < -0.39 is 0 Å². The number of carbonyl (C=O) groups excluding carboxylic acids is 1. The molecule has 0 bridgehead atoms. The molecule has 1 amide bonds. The predicted octanol–water partition coefficient (Wildman–Crippen LogP) is 3.07. The standard InChI is InChI=1S/C18H25N5OS/c1-12-8-9-16(14(3)10-12)23-18(20-21-22-23)25-11-17(24)19-15-7-5-4-6-13(15)2/h8-10,13,15H,4-7,11H2,1-3H3,(H,19,24)/t13-,15+/m0/s1. The van der Waals surface area contributed by atoms with Gasteiger partial charge in [-0.15, -0.1) is 5.10 Å². The summed E-state index contributed by atoms with van der Waals surface area (Å²) in [4.78, 5) is 12.3. The molecule has 1 aromatic carbocycles. The second-order valence-electron chi connectivity index (χ2n) is 6.89. The highest BCUT2D eigenvalue weighted by Crippen LogP contribution is 2.24. The molecule has 2 atom stereocenters. The highest BCUT2D eigenvalue weighted by molar-refractivity contribution is 7.99. The van der Waals surface area contributed by atoms with Gasteiger partial charge in [0.2, 0.25) is 11.1 Å². The molecule has 25 heavy (non-hydrogen) atoms. The van der Waals surface area contributed by atoms with E-state index in [0.29, 0.717) is 22.9 Å². The summed E-state index contributed by atoms with van der Waals surface area (Å²) in [7, 11) is 0. The number of hydrogen-bond donors (Lipinski definition) is 1. The van der Waals surface area contributed by atoms with Crippen LogP contribution in [-0.2, 0) is 4.79 Å². The Hall–Kier alpha value is -1.89. The van der Waals surface area contributed by atoms with E-state index >= 15 is 0 Å². The normalized spacial score (nSPS) is 20.4. The number of aromatic nitrogens is 4. The maximum atomic E-state index is 12.3. The lowest BCUT2D eigenvalue weighted by Gasteiger charge is -2.29. The minimum absolute atomic E-state index is 0.0546. The fourth-order valence-electron chi connectivity index (χ4n) is 3.37. The number of amides is 1. The van der Waals surface area contributed by atoms with Crippen molar-refractivity contribution in [3.8, 4) is 5.69 Å². The molecule has 3 rings (SSSR count). The second kappa shape index (κ2) is 7.99. The number of rotatable bonds is 5. The highest BCUT2D eigenvalue weighted by Gasteiger charge is 2.23. The fourth-order valence-corrected chi connectivity index (χ4v) is 4.07. The molecule has 2 aromatic rings. The lowest BCUT2D eigenvalue weighted by atomic mass is 9.86. The molecular formula is C18H25N5OS. The Morgan fingerprint density at radius 3 is 2.88 bits per heavy atom. The van der Waals surface area contributed by atoms with Crippen LogP contribution >= 0.6 is 11.8 Å². The van der Waals surface area contributed by atoms with E-state index in [1.54, 1.807) is 4.68 Å². The lowest BCUT2D eigenvalue weighted by Crippen LogP contribution is -2.41. The zero-order valence-corrected chi connectivity index (χ0v) is 15.8. The van der Waals surface area contributed by atoms with Gasteiger partial charge in [-0.25, -0.2) is 0 Å². The quantitative estimate of drug-likeness (QED) is 0.831. The maximum Gasteiger partial charge on any atom is 0.230 e. The van der Waals surface area contributed by atoms with Crippen LogP contribution in [0.5, 0.6) is 0 Å². The van der Waals surface area contributed by atoms with Crippen molar-refractivity contribution in [3.63, 3.8) is 0 Å². The SMILES string of the molecule is Cc1ccc(-n2nnnc2SCC(=O)N[C@@H]2CCCC[C@@H]2C)c(C)c1. The van der Waals surface area contributed by atoms with Crippen LogP contribution in [0.15, 0.2) is 23.4 Å². The first-order valence-electron chi connectivity index (χ1n) is 8.83. The summed E-state index contributed by atoms with van der Waals surface area (Å²) in [5.74, 6) is 0.941. The third-order valence-electron chi connectivity index (χ3n) is 4.81. The molecule has 1 saturated carbocycles. The van der Waals surface area contributed by atoms with Gasteiger partial charge in [0.1, 0.15) is 0 Å². The highest BCUT2D eigenvalue weighted by atomic mass is 32.2. The average Bonchev–Trinajstić information content (AvgIpc) is 3.03. The van der Waals surface area contributed by atoms with E-state index in [1.165, 1.54) is 36.6 Å². The number of benzene rings is 1. The molecule has 0 aliphatic heterocycles. The smallest absolute Gasteiger partial charge is 0.230 e. The number of nitrogens with one attached hydrogen (secondary N) is 1. The van der Waals surface area contributed by atoms with Gasteiger partial charge >= 0.3 is 0 Å². The predicted molar refractivity (Wildman–Crippen MR) is 98.9 cm³/mol. The van der Waals surface area contributed by atoms with Gasteiger partial charge in [-0.1, -0.05) is 49.2 Å². The number of aryl methyl sites for hydroxylation is 2. The van der Waals surface area contributed by atoms with Crippen LogP contribution < -0.4 is 5.32 Å². The van der Waals surface area contributed by atoms with Crippen LogP contribution in [0.2, 0.25) is 0 Å². The van der Waals surface area contributed by atoms with Crippen molar-refractivity contribution >= 4 is 17.7 Å². The van der Waals surface area contributed by atoms with Gasteiger partial charge < -0.3 is 5.32 Å². The Morgan fingerprint density at radius 1 is 1.32 bits per heavy atom. The van der Waals surface area contributed by atoms with E-state index in [1.807, 2.05) is 19.1 Å². The van der Waals surface area contributed by atoms with E-state index in [0.717, 1.165) is 17.7 Å². The molecule has 0 radical (unpaired) electrons. The van der Waals surface area contributed by atoms with E-state index in [-0.39, 0.29) is 5.91 Å². The molecule has 1 N–H and O–H groups in total. The monoisotopic (exact) mass is 359 g/mol.